The van der Waals surface area contributed by atoms with Crippen LogP contribution in [-0.4, -0.2) is 26.1 Å². The molecular formula is C14H22N2O2. The predicted molar refractivity (Wildman–Crippen MR) is 74.0 cm³/mol. The Labute approximate surface area is 109 Å². The summed E-state index contributed by atoms with van der Waals surface area (Å²) < 4.78 is 5.17. The molecule has 4 nitrogen and oxygen atoms in total. The molecule has 1 rings (SSSR count). The third-order valence-electron chi connectivity index (χ3n) is 2.62. The van der Waals surface area contributed by atoms with Crippen LogP contribution in [0.15, 0.2) is 24.3 Å². The molecule has 1 amide bonds. The van der Waals surface area contributed by atoms with Crippen molar-refractivity contribution >= 4 is 11.6 Å². The lowest BCUT2D eigenvalue weighted by molar-refractivity contribution is -0.115. The smallest absolute Gasteiger partial charge is 0.238 e. The maximum atomic E-state index is 11.7. The first-order chi connectivity index (χ1) is 8.77. The fourth-order valence-corrected chi connectivity index (χ4v) is 1.64. The quantitative estimate of drug-likeness (QED) is 0.697. The number of hydrogen-bond acceptors (Lipinski definition) is 3. The number of ether oxygens (including phenoxy) is 1. The molecule has 0 bridgehead atoms. The number of unbranched alkanes of at least 4 members (excludes halogenated alkanes) is 2. The van der Waals surface area contributed by atoms with Crippen LogP contribution < -0.4 is 15.4 Å². The number of benzene rings is 1. The Bertz CT molecular complexity index is 367. The van der Waals surface area contributed by atoms with E-state index in [4.69, 9.17) is 4.74 Å². The molecule has 0 saturated heterocycles. The second kappa shape index (κ2) is 8.53. The number of nitrogens with one attached hydrogen (secondary N) is 2. The fourth-order valence-electron chi connectivity index (χ4n) is 1.64. The van der Waals surface area contributed by atoms with Crippen molar-refractivity contribution < 1.29 is 9.53 Å². The monoisotopic (exact) mass is 250 g/mol. The summed E-state index contributed by atoms with van der Waals surface area (Å²) in [6.45, 7) is 3.38. The molecule has 100 valence electrons. The van der Waals surface area contributed by atoms with Crippen molar-refractivity contribution in [1.29, 1.82) is 0 Å². The van der Waals surface area contributed by atoms with Gasteiger partial charge in [-0.1, -0.05) is 31.9 Å². The van der Waals surface area contributed by atoms with Crippen molar-refractivity contribution in [3.8, 4) is 5.75 Å². The summed E-state index contributed by atoms with van der Waals surface area (Å²) in [5.74, 6) is 0.632. The van der Waals surface area contributed by atoms with Gasteiger partial charge in [0.15, 0.2) is 0 Å². The molecule has 2 N–H and O–H groups in total. The normalized spacial score (nSPS) is 10.1. The van der Waals surface area contributed by atoms with Crippen LogP contribution in [0.1, 0.15) is 26.2 Å². The van der Waals surface area contributed by atoms with Crippen LogP contribution in [0.5, 0.6) is 5.75 Å². The Hall–Kier alpha value is -1.55. The average Bonchev–Trinajstić information content (AvgIpc) is 2.39. The van der Waals surface area contributed by atoms with E-state index >= 15 is 0 Å². The second-order valence-electron chi connectivity index (χ2n) is 4.13. The predicted octanol–water partition coefficient (Wildman–Crippen LogP) is 2.41. The van der Waals surface area contributed by atoms with Gasteiger partial charge in [0.25, 0.3) is 0 Å². The molecule has 0 aliphatic carbocycles. The van der Waals surface area contributed by atoms with Gasteiger partial charge in [-0.15, -0.1) is 0 Å². The molecule has 4 heteroatoms. The summed E-state index contributed by atoms with van der Waals surface area (Å²) in [6.07, 6.45) is 3.49. The highest BCUT2D eigenvalue weighted by Crippen LogP contribution is 2.22. The van der Waals surface area contributed by atoms with Crippen LogP contribution in [0.3, 0.4) is 0 Å². The van der Waals surface area contributed by atoms with E-state index in [1.807, 2.05) is 24.3 Å². The van der Waals surface area contributed by atoms with E-state index in [1.165, 1.54) is 12.8 Å². The average molecular weight is 250 g/mol. The number of carbonyl (C=O) groups is 1. The molecule has 0 aliphatic rings. The lowest BCUT2D eigenvalue weighted by atomic mass is 10.2. The summed E-state index contributed by atoms with van der Waals surface area (Å²) in [5, 5.41) is 5.95. The maximum Gasteiger partial charge on any atom is 0.238 e. The van der Waals surface area contributed by atoms with Gasteiger partial charge in [-0.25, -0.2) is 0 Å². The molecule has 0 radical (unpaired) electrons. The number of methoxy groups -OCH3 is 1. The summed E-state index contributed by atoms with van der Waals surface area (Å²) >= 11 is 0. The highest BCUT2D eigenvalue weighted by Gasteiger charge is 2.05. The van der Waals surface area contributed by atoms with Crippen molar-refractivity contribution in [2.24, 2.45) is 0 Å². The Morgan fingerprint density at radius 1 is 1.28 bits per heavy atom. The highest BCUT2D eigenvalue weighted by molar-refractivity contribution is 5.93. The molecule has 1 aromatic rings. The molecule has 0 spiro atoms. The minimum Gasteiger partial charge on any atom is -0.495 e. The van der Waals surface area contributed by atoms with Gasteiger partial charge in [0, 0.05) is 0 Å². The van der Waals surface area contributed by atoms with E-state index in [2.05, 4.69) is 17.6 Å². The number of anilines is 1. The van der Waals surface area contributed by atoms with Crippen molar-refractivity contribution in [3.05, 3.63) is 24.3 Å². The van der Waals surface area contributed by atoms with E-state index in [0.29, 0.717) is 18.0 Å². The van der Waals surface area contributed by atoms with Gasteiger partial charge in [-0.05, 0) is 25.1 Å². The first-order valence-electron chi connectivity index (χ1n) is 6.41. The first kappa shape index (κ1) is 14.5. The Balaban J connectivity index is 2.31. The van der Waals surface area contributed by atoms with Gasteiger partial charge in [-0.3, -0.25) is 4.79 Å². The Morgan fingerprint density at radius 3 is 2.78 bits per heavy atom. The van der Waals surface area contributed by atoms with E-state index in [-0.39, 0.29) is 5.91 Å². The molecule has 0 aliphatic heterocycles. The van der Waals surface area contributed by atoms with Gasteiger partial charge in [-0.2, -0.15) is 0 Å². The molecule has 0 atom stereocenters. The Kier molecular flexibility index (Phi) is 6.87. The van der Waals surface area contributed by atoms with Crippen molar-refractivity contribution in [2.45, 2.75) is 26.2 Å². The van der Waals surface area contributed by atoms with Gasteiger partial charge >= 0.3 is 0 Å². The lowest BCUT2D eigenvalue weighted by Gasteiger charge is -2.10. The lowest BCUT2D eigenvalue weighted by Crippen LogP contribution is -2.28. The summed E-state index contributed by atoms with van der Waals surface area (Å²) in [6, 6.07) is 7.39. The number of rotatable bonds is 8. The molecule has 18 heavy (non-hydrogen) atoms. The Morgan fingerprint density at radius 2 is 2.06 bits per heavy atom. The van der Waals surface area contributed by atoms with Crippen LogP contribution in [0.25, 0.3) is 0 Å². The van der Waals surface area contributed by atoms with E-state index in [1.54, 1.807) is 7.11 Å². The molecule has 0 heterocycles. The van der Waals surface area contributed by atoms with Crippen LogP contribution in [0.2, 0.25) is 0 Å². The zero-order valence-electron chi connectivity index (χ0n) is 11.2. The van der Waals surface area contributed by atoms with E-state index in [9.17, 15) is 4.79 Å². The summed E-state index contributed by atoms with van der Waals surface area (Å²) in [5.41, 5.74) is 0.709. The topological polar surface area (TPSA) is 50.4 Å². The fraction of sp³-hybridized carbons (Fsp3) is 0.500. The minimum absolute atomic E-state index is 0.0454. The molecule has 0 unspecified atom stereocenters. The van der Waals surface area contributed by atoms with Crippen LogP contribution in [0.4, 0.5) is 5.69 Å². The highest BCUT2D eigenvalue weighted by atomic mass is 16.5. The maximum absolute atomic E-state index is 11.7. The molecule has 1 aromatic carbocycles. The van der Waals surface area contributed by atoms with Gasteiger partial charge in [0.05, 0.1) is 19.3 Å². The molecule has 0 aromatic heterocycles. The summed E-state index contributed by atoms with van der Waals surface area (Å²) in [7, 11) is 1.59. The first-order valence-corrected chi connectivity index (χ1v) is 6.41. The van der Waals surface area contributed by atoms with Crippen molar-refractivity contribution in [1.82, 2.24) is 5.32 Å². The largest absolute Gasteiger partial charge is 0.495 e. The van der Waals surface area contributed by atoms with Crippen molar-refractivity contribution in [3.63, 3.8) is 0 Å². The van der Waals surface area contributed by atoms with E-state index in [0.717, 1.165) is 13.0 Å². The zero-order chi connectivity index (χ0) is 13.2. The minimum atomic E-state index is -0.0454. The molecule has 0 fully saturated rings. The zero-order valence-corrected chi connectivity index (χ0v) is 11.2. The number of carbonyl (C=O) groups excluding carboxylic acids is 1. The summed E-state index contributed by atoms with van der Waals surface area (Å²) in [4.78, 5) is 11.7. The van der Waals surface area contributed by atoms with Gasteiger partial charge in [0.1, 0.15) is 5.75 Å². The van der Waals surface area contributed by atoms with Crippen LogP contribution in [-0.2, 0) is 4.79 Å². The SMILES string of the molecule is CCCCCNCC(=O)Nc1ccccc1OC. The van der Waals surface area contributed by atoms with Crippen molar-refractivity contribution in [2.75, 3.05) is 25.5 Å². The standard InChI is InChI=1S/C14H22N2O2/c1-3-4-7-10-15-11-14(17)16-12-8-5-6-9-13(12)18-2/h5-6,8-9,15H,3-4,7,10-11H2,1-2H3,(H,16,17). The third-order valence-corrected chi connectivity index (χ3v) is 2.62. The van der Waals surface area contributed by atoms with Gasteiger partial charge in [0.2, 0.25) is 5.91 Å². The number of para-hydroxylation sites is 2. The number of amides is 1. The van der Waals surface area contributed by atoms with Crippen LogP contribution >= 0.6 is 0 Å². The van der Waals surface area contributed by atoms with Crippen LogP contribution in [0, 0.1) is 0 Å². The molecule has 0 saturated carbocycles. The van der Waals surface area contributed by atoms with E-state index < -0.39 is 0 Å². The van der Waals surface area contributed by atoms with Gasteiger partial charge < -0.3 is 15.4 Å². The second-order valence-corrected chi connectivity index (χ2v) is 4.13. The molecular weight excluding hydrogens is 228 g/mol. The number of hydrogen-bond donors (Lipinski definition) is 2. The third kappa shape index (κ3) is 5.19.